The average Bonchev–Trinajstić information content (AvgIpc) is 2.54. The smallest absolute Gasteiger partial charge is 0.345 e. The Bertz CT molecular complexity index is 763. The fourth-order valence-corrected chi connectivity index (χ4v) is 2.15. The van der Waals surface area contributed by atoms with E-state index in [4.69, 9.17) is 4.74 Å². The largest absolute Gasteiger partial charge is 0.452 e. The number of nitro groups is 1. The van der Waals surface area contributed by atoms with Crippen molar-refractivity contribution in [2.24, 2.45) is 0 Å². The van der Waals surface area contributed by atoms with Crippen LogP contribution in [0.15, 0.2) is 53.0 Å². The second kappa shape index (κ2) is 7.50. The van der Waals surface area contributed by atoms with E-state index >= 15 is 0 Å². The zero-order valence-corrected chi connectivity index (χ0v) is 13.3. The van der Waals surface area contributed by atoms with E-state index in [2.05, 4.69) is 21.2 Å². The molecule has 0 spiro atoms. The minimum atomic E-state index is -0.931. The van der Waals surface area contributed by atoms with Gasteiger partial charge in [-0.15, -0.1) is 0 Å². The molecular weight excluding hydrogens is 368 g/mol. The number of esters is 1. The van der Waals surface area contributed by atoms with Crippen molar-refractivity contribution in [3.05, 3.63) is 68.7 Å². The number of nitrogens with one attached hydrogen (secondary N) is 1. The zero-order chi connectivity index (χ0) is 16.8. The number of nitrogens with zero attached hydrogens (tertiary/aromatic N) is 1. The molecule has 0 atom stereocenters. The molecule has 0 radical (unpaired) electrons. The first-order valence-electron chi connectivity index (χ1n) is 6.44. The van der Waals surface area contributed by atoms with Crippen LogP contribution in [0.4, 0.5) is 11.4 Å². The molecule has 0 saturated heterocycles. The normalized spacial score (nSPS) is 9.96. The van der Waals surface area contributed by atoms with Gasteiger partial charge in [0, 0.05) is 10.5 Å². The van der Waals surface area contributed by atoms with Gasteiger partial charge in [0.1, 0.15) is 5.56 Å². The third kappa shape index (κ3) is 4.36. The minimum absolute atomic E-state index is 0.203. The Morgan fingerprint density at radius 1 is 1.13 bits per heavy atom. The summed E-state index contributed by atoms with van der Waals surface area (Å²) in [6.45, 7) is -0.549. The van der Waals surface area contributed by atoms with Gasteiger partial charge in [-0.05, 0) is 34.1 Å². The zero-order valence-electron chi connectivity index (χ0n) is 11.7. The van der Waals surface area contributed by atoms with Crippen LogP contribution in [0, 0.1) is 10.1 Å². The summed E-state index contributed by atoms with van der Waals surface area (Å²) in [7, 11) is 0. The predicted molar refractivity (Wildman–Crippen MR) is 86.2 cm³/mol. The second-order valence-corrected chi connectivity index (χ2v) is 5.23. The first kappa shape index (κ1) is 16.6. The highest BCUT2D eigenvalue weighted by atomic mass is 79.9. The first-order chi connectivity index (χ1) is 11.0. The van der Waals surface area contributed by atoms with Gasteiger partial charge in [-0.25, -0.2) is 4.79 Å². The maximum absolute atomic E-state index is 11.9. The van der Waals surface area contributed by atoms with Crippen LogP contribution in [0.3, 0.4) is 0 Å². The third-order valence-corrected chi connectivity index (χ3v) is 3.49. The summed E-state index contributed by atoms with van der Waals surface area (Å²) in [5.41, 5.74) is -0.0471. The molecule has 0 aliphatic rings. The van der Waals surface area contributed by atoms with E-state index in [0.29, 0.717) is 10.2 Å². The van der Waals surface area contributed by atoms with Gasteiger partial charge in [-0.3, -0.25) is 14.9 Å². The standard InChI is InChI=1S/C15H11BrN2O5/c16-11-6-2-3-7-12(11)17-14(19)9-23-15(20)10-5-1-4-8-13(10)18(21)22/h1-8H,9H2,(H,17,19). The van der Waals surface area contributed by atoms with Crippen molar-refractivity contribution in [1.29, 1.82) is 0 Å². The summed E-state index contributed by atoms with van der Waals surface area (Å²) < 4.78 is 5.50. The molecule has 2 aromatic rings. The van der Waals surface area contributed by atoms with Gasteiger partial charge in [0.05, 0.1) is 10.6 Å². The van der Waals surface area contributed by atoms with Crippen LogP contribution in [-0.2, 0) is 9.53 Å². The van der Waals surface area contributed by atoms with Gasteiger partial charge < -0.3 is 10.1 Å². The van der Waals surface area contributed by atoms with Crippen LogP contribution in [0.1, 0.15) is 10.4 Å². The van der Waals surface area contributed by atoms with Crippen molar-refractivity contribution in [3.63, 3.8) is 0 Å². The number of amides is 1. The summed E-state index contributed by atoms with van der Waals surface area (Å²) >= 11 is 3.27. The van der Waals surface area contributed by atoms with Crippen LogP contribution < -0.4 is 5.32 Å². The van der Waals surface area contributed by atoms with Gasteiger partial charge >= 0.3 is 5.97 Å². The van der Waals surface area contributed by atoms with Crippen molar-refractivity contribution < 1.29 is 19.2 Å². The molecule has 0 fully saturated rings. The SMILES string of the molecule is O=C(COC(=O)c1ccccc1[N+](=O)[O-])Nc1ccccc1Br. The highest BCUT2D eigenvalue weighted by molar-refractivity contribution is 9.10. The Kier molecular flexibility index (Phi) is 5.42. The average molecular weight is 379 g/mol. The van der Waals surface area contributed by atoms with Crippen LogP contribution in [0.5, 0.6) is 0 Å². The van der Waals surface area contributed by atoms with E-state index in [-0.39, 0.29) is 11.3 Å². The summed E-state index contributed by atoms with van der Waals surface area (Å²) in [4.78, 5) is 33.8. The van der Waals surface area contributed by atoms with E-state index in [1.807, 2.05) is 0 Å². The van der Waals surface area contributed by atoms with Crippen molar-refractivity contribution >= 4 is 39.2 Å². The molecule has 2 aromatic carbocycles. The summed E-state index contributed by atoms with van der Waals surface area (Å²) in [5.74, 6) is -1.48. The fraction of sp³-hybridized carbons (Fsp3) is 0.0667. The number of benzene rings is 2. The number of hydrogen-bond donors (Lipinski definition) is 1. The molecule has 8 heteroatoms. The number of rotatable bonds is 5. The predicted octanol–water partition coefficient (Wildman–Crippen LogP) is 3.15. The number of hydrogen-bond acceptors (Lipinski definition) is 5. The molecule has 7 nitrogen and oxygen atoms in total. The number of anilines is 1. The molecule has 0 aliphatic heterocycles. The monoisotopic (exact) mass is 378 g/mol. The van der Waals surface area contributed by atoms with Gasteiger partial charge in [-0.1, -0.05) is 24.3 Å². The highest BCUT2D eigenvalue weighted by Gasteiger charge is 2.21. The quantitative estimate of drug-likeness (QED) is 0.489. The Hall–Kier alpha value is -2.74. The summed E-state index contributed by atoms with van der Waals surface area (Å²) in [5, 5.41) is 13.4. The molecule has 0 bridgehead atoms. The molecule has 0 saturated carbocycles. The maximum Gasteiger partial charge on any atom is 0.345 e. The van der Waals surface area contributed by atoms with Crippen molar-refractivity contribution in [3.8, 4) is 0 Å². The van der Waals surface area contributed by atoms with E-state index in [0.717, 1.165) is 0 Å². The van der Waals surface area contributed by atoms with Crippen LogP contribution in [0.2, 0.25) is 0 Å². The fourth-order valence-electron chi connectivity index (χ4n) is 1.76. The van der Waals surface area contributed by atoms with Crippen LogP contribution in [0.25, 0.3) is 0 Å². The molecule has 1 N–H and O–H groups in total. The number of para-hydroxylation sites is 2. The molecule has 23 heavy (non-hydrogen) atoms. The van der Waals surface area contributed by atoms with Crippen LogP contribution >= 0.6 is 15.9 Å². The molecule has 118 valence electrons. The van der Waals surface area contributed by atoms with E-state index in [1.54, 1.807) is 24.3 Å². The Labute approximate surface area is 139 Å². The van der Waals surface area contributed by atoms with Gasteiger partial charge in [-0.2, -0.15) is 0 Å². The lowest BCUT2D eigenvalue weighted by atomic mass is 10.2. The summed E-state index contributed by atoms with van der Waals surface area (Å²) in [6, 6.07) is 12.3. The van der Waals surface area contributed by atoms with Gasteiger partial charge in [0.25, 0.3) is 11.6 Å². The Morgan fingerprint density at radius 2 is 1.78 bits per heavy atom. The first-order valence-corrected chi connectivity index (χ1v) is 7.23. The number of carbonyl (C=O) groups is 2. The number of halogens is 1. The Balaban J connectivity index is 1.98. The molecule has 0 unspecified atom stereocenters. The van der Waals surface area contributed by atoms with Crippen molar-refractivity contribution in [1.82, 2.24) is 0 Å². The molecule has 1 amide bonds. The molecule has 0 aromatic heterocycles. The van der Waals surface area contributed by atoms with E-state index in [1.165, 1.54) is 24.3 Å². The molecule has 0 aliphatic carbocycles. The van der Waals surface area contributed by atoms with Crippen molar-refractivity contribution in [2.75, 3.05) is 11.9 Å². The number of nitro benzene ring substituents is 1. The van der Waals surface area contributed by atoms with Gasteiger partial charge in [0.15, 0.2) is 6.61 Å². The lowest BCUT2D eigenvalue weighted by molar-refractivity contribution is -0.385. The number of carbonyl (C=O) groups excluding carboxylic acids is 2. The van der Waals surface area contributed by atoms with E-state index < -0.39 is 23.4 Å². The topological polar surface area (TPSA) is 98.5 Å². The second-order valence-electron chi connectivity index (χ2n) is 4.38. The minimum Gasteiger partial charge on any atom is -0.452 e. The van der Waals surface area contributed by atoms with Crippen molar-refractivity contribution in [2.45, 2.75) is 0 Å². The third-order valence-electron chi connectivity index (χ3n) is 2.80. The molecule has 2 rings (SSSR count). The maximum atomic E-state index is 11.9. The van der Waals surface area contributed by atoms with Crippen LogP contribution in [-0.4, -0.2) is 23.4 Å². The lowest BCUT2D eigenvalue weighted by Gasteiger charge is -2.08. The molecule has 0 heterocycles. The Morgan fingerprint density at radius 3 is 2.48 bits per heavy atom. The summed E-state index contributed by atoms with van der Waals surface area (Å²) in [6.07, 6.45) is 0. The lowest BCUT2D eigenvalue weighted by Crippen LogP contribution is -2.21. The number of ether oxygens (including phenoxy) is 1. The van der Waals surface area contributed by atoms with Gasteiger partial charge in [0.2, 0.25) is 0 Å². The highest BCUT2D eigenvalue weighted by Crippen LogP contribution is 2.21. The molecular formula is C15H11BrN2O5. The van der Waals surface area contributed by atoms with E-state index in [9.17, 15) is 19.7 Å².